The molecule has 0 aliphatic rings. The summed E-state index contributed by atoms with van der Waals surface area (Å²) in [5.74, 6) is 0. The van der Waals surface area contributed by atoms with Gasteiger partial charge in [-0.15, -0.1) is 0 Å². The summed E-state index contributed by atoms with van der Waals surface area (Å²) >= 11 is 3.25. The van der Waals surface area contributed by atoms with Gasteiger partial charge >= 0.3 is 0 Å². The monoisotopic (exact) mass is 398 g/mol. The standard InChI is InChI=1S/C15H15BrN2O4S/c1-9-4-6-12(7-5-9)23(21,22)17-15-11(3)10(2)13(16)8-14(15)18(19)20/h4-8,17H,1-3H3. The number of aryl methyl sites for hydroxylation is 1. The lowest BCUT2D eigenvalue weighted by Crippen LogP contribution is -2.15. The Morgan fingerprint density at radius 1 is 1.09 bits per heavy atom. The Balaban J connectivity index is 2.57. The number of nitro groups is 1. The smallest absolute Gasteiger partial charge is 0.273 e. The van der Waals surface area contributed by atoms with Gasteiger partial charge in [0.1, 0.15) is 5.69 Å². The van der Waals surface area contributed by atoms with Gasteiger partial charge in [-0.05, 0) is 44.0 Å². The molecule has 1 N–H and O–H groups in total. The summed E-state index contributed by atoms with van der Waals surface area (Å²) in [5, 5.41) is 11.3. The molecular weight excluding hydrogens is 384 g/mol. The molecule has 2 aromatic rings. The lowest BCUT2D eigenvalue weighted by atomic mass is 10.1. The van der Waals surface area contributed by atoms with Crippen LogP contribution in [0, 0.1) is 30.9 Å². The van der Waals surface area contributed by atoms with Crippen LogP contribution in [-0.2, 0) is 10.0 Å². The fourth-order valence-corrected chi connectivity index (χ4v) is 3.70. The van der Waals surface area contributed by atoms with Gasteiger partial charge in [-0.2, -0.15) is 0 Å². The highest BCUT2D eigenvalue weighted by Crippen LogP contribution is 2.36. The summed E-state index contributed by atoms with van der Waals surface area (Å²) in [6, 6.07) is 7.57. The summed E-state index contributed by atoms with van der Waals surface area (Å²) in [6.45, 7) is 5.24. The summed E-state index contributed by atoms with van der Waals surface area (Å²) in [5.41, 5.74) is 1.84. The van der Waals surface area contributed by atoms with Crippen molar-refractivity contribution in [2.45, 2.75) is 25.7 Å². The zero-order valence-corrected chi connectivity index (χ0v) is 15.2. The van der Waals surface area contributed by atoms with E-state index in [1.807, 2.05) is 6.92 Å². The molecule has 0 saturated carbocycles. The molecule has 2 rings (SSSR count). The van der Waals surface area contributed by atoms with Crippen LogP contribution in [0.1, 0.15) is 16.7 Å². The van der Waals surface area contributed by atoms with Crippen molar-refractivity contribution in [3.63, 3.8) is 0 Å². The molecule has 0 amide bonds. The van der Waals surface area contributed by atoms with Crippen LogP contribution < -0.4 is 4.72 Å². The van der Waals surface area contributed by atoms with Gasteiger partial charge in [-0.25, -0.2) is 8.42 Å². The number of sulfonamides is 1. The minimum Gasteiger partial charge on any atom is -0.273 e. The Morgan fingerprint density at radius 2 is 1.65 bits per heavy atom. The second-order valence-electron chi connectivity index (χ2n) is 5.18. The zero-order chi connectivity index (χ0) is 17.4. The van der Waals surface area contributed by atoms with Crippen LogP contribution in [0.2, 0.25) is 0 Å². The van der Waals surface area contributed by atoms with E-state index in [9.17, 15) is 18.5 Å². The Hall–Kier alpha value is -1.93. The Morgan fingerprint density at radius 3 is 2.17 bits per heavy atom. The van der Waals surface area contributed by atoms with Crippen molar-refractivity contribution in [2.75, 3.05) is 4.72 Å². The number of hydrogen-bond donors (Lipinski definition) is 1. The number of hydrogen-bond acceptors (Lipinski definition) is 4. The number of nitrogens with zero attached hydrogens (tertiary/aromatic N) is 1. The molecule has 6 nitrogen and oxygen atoms in total. The molecule has 0 fully saturated rings. The van der Waals surface area contributed by atoms with Crippen LogP contribution in [0.3, 0.4) is 0 Å². The average molecular weight is 399 g/mol. The van der Waals surface area contributed by atoms with E-state index >= 15 is 0 Å². The van der Waals surface area contributed by atoms with Gasteiger partial charge < -0.3 is 0 Å². The molecule has 0 bridgehead atoms. The lowest BCUT2D eigenvalue weighted by molar-refractivity contribution is -0.384. The van der Waals surface area contributed by atoms with Gasteiger partial charge in [0.25, 0.3) is 15.7 Å². The second kappa shape index (κ2) is 6.29. The van der Waals surface area contributed by atoms with Crippen molar-refractivity contribution in [3.05, 3.63) is 61.6 Å². The van der Waals surface area contributed by atoms with E-state index in [1.165, 1.54) is 18.2 Å². The van der Waals surface area contributed by atoms with E-state index in [4.69, 9.17) is 0 Å². The number of nitro benzene ring substituents is 1. The SMILES string of the molecule is Cc1ccc(S(=O)(=O)Nc2c([N+](=O)[O-])cc(Br)c(C)c2C)cc1. The first-order chi connectivity index (χ1) is 10.6. The molecule has 0 saturated heterocycles. The van der Waals surface area contributed by atoms with Gasteiger partial charge in [-0.3, -0.25) is 14.8 Å². The van der Waals surface area contributed by atoms with Gasteiger partial charge in [0.05, 0.1) is 9.82 Å². The maximum absolute atomic E-state index is 12.5. The van der Waals surface area contributed by atoms with Crippen LogP contribution >= 0.6 is 15.9 Å². The topological polar surface area (TPSA) is 89.3 Å². The van der Waals surface area contributed by atoms with Crippen LogP contribution in [0.5, 0.6) is 0 Å². The summed E-state index contributed by atoms with van der Waals surface area (Å²) < 4.78 is 27.9. The molecule has 122 valence electrons. The zero-order valence-electron chi connectivity index (χ0n) is 12.8. The van der Waals surface area contributed by atoms with E-state index < -0.39 is 14.9 Å². The van der Waals surface area contributed by atoms with Crippen LogP contribution in [-0.4, -0.2) is 13.3 Å². The molecule has 0 unspecified atom stereocenters. The molecule has 0 radical (unpaired) electrons. The lowest BCUT2D eigenvalue weighted by Gasteiger charge is -2.14. The predicted molar refractivity (Wildman–Crippen MR) is 92.3 cm³/mol. The largest absolute Gasteiger partial charge is 0.294 e. The summed E-state index contributed by atoms with van der Waals surface area (Å²) in [7, 11) is -3.91. The maximum Gasteiger partial charge on any atom is 0.294 e. The van der Waals surface area contributed by atoms with Crippen LogP contribution in [0.15, 0.2) is 39.7 Å². The third-order valence-electron chi connectivity index (χ3n) is 3.58. The average Bonchev–Trinajstić information content (AvgIpc) is 2.47. The highest BCUT2D eigenvalue weighted by atomic mass is 79.9. The van der Waals surface area contributed by atoms with Gasteiger partial charge in [0.2, 0.25) is 0 Å². The predicted octanol–water partition coefficient (Wildman–Crippen LogP) is 4.08. The normalized spacial score (nSPS) is 11.3. The summed E-state index contributed by atoms with van der Waals surface area (Å²) in [4.78, 5) is 10.7. The molecule has 0 aliphatic heterocycles. The van der Waals surface area contributed by atoms with Gasteiger partial charge in [0.15, 0.2) is 0 Å². The van der Waals surface area contributed by atoms with E-state index in [2.05, 4.69) is 20.7 Å². The number of benzene rings is 2. The second-order valence-corrected chi connectivity index (χ2v) is 7.71. The molecule has 0 heterocycles. The molecule has 8 heteroatoms. The van der Waals surface area contributed by atoms with Crippen molar-refractivity contribution in [2.24, 2.45) is 0 Å². The van der Waals surface area contributed by atoms with E-state index in [-0.39, 0.29) is 16.3 Å². The number of halogens is 1. The van der Waals surface area contributed by atoms with Crippen molar-refractivity contribution >= 4 is 37.3 Å². The maximum atomic E-state index is 12.5. The highest BCUT2D eigenvalue weighted by Gasteiger charge is 2.25. The fraction of sp³-hybridized carbons (Fsp3) is 0.200. The molecule has 0 aromatic heterocycles. The van der Waals surface area contributed by atoms with Crippen LogP contribution in [0.25, 0.3) is 0 Å². The fourth-order valence-electron chi connectivity index (χ4n) is 2.04. The molecule has 0 spiro atoms. The molecule has 0 atom stereocenters. The number of anilines is 1. The number of rotatable bonds is 4. The first kappa shape index (κ1) is 17.4. The molecule has 23 heavy (non-hydrogen) atoms. The first-order valence-electron chi connectivity index (χ1n) is 6.67. The van der Waals surface area contributed by atoms with E-state index in [0.717, 1.165) is 11.1 Å². The molecule has 2 aromatic carbocycles. The van der Waals surface area contributed by atoms with Crippen molar-refractivity contribution in [1.29, 1.82) is 0 Å². The van der Waals surface area contributed by atoms with Crippen molar-refractivity contribution in [1.82, 2.24) is 0 Å². The van der Waals surface area contributed by atoms with E-state index in [1.54, 1.807) is 26.0 Å². The Kier molecular flexibility index (Phi) is 4.76. The molecular formula is C15H15BrN2O4S. The number of nitrogens with one attached hydrogen (secondary N) is 1. The minimum atomic E-state index is -3.91. The van der Waals surface area contributed by atoms with Crippen molar-refractivity contribution in [3.8, 4) is 0 Å². The minimum absolute atomic E-state index is 0.0173. The molecule has 0 aliphatic carbocycles. The third-order valence-corrected chi connectivity index (χ3v) is 5.77. The van der Waals surface area contributed by atoms with Gasteiger partial charge in [-0.1, -0.05) is 33.6 Å². The quantitative estimate of drug-likeness (QED) is 0.620. The van der Waals surface area contributed by atoms with Crippen molar-refractivity contribution < 1.29 is 13.3 Å². The van der Waals surface area contributed by atoms with Crippen LogP contribution in [0.4, 0.5) is 11.4 Å². The Bertz CT molecular complexity index is 877. The first-order valence-corrected chi connectivity index (χ1v) is 8.94. The highest BCUT2D eigenvalue weighted by molar-refractivity contribution is 9.10. The summed E-state index contributed by atoms with van der Waals surface area (Å²) in [6.07, 6.45) is 0. The Labute approximate surface area is 142 Å². The third kappa shape index (κ3) is 3.53. The van der Waals surface area contributed by atoms with E-state index in [0.29, 0.717) is 10.0 Å². The van der Waals surface area contributed by atoms with Gasteiger partial charge in [0, 0.05) is 10.5 Å².